The minimum Gasteiger partial charge on any atom is -0.444 e. The van der Waals surface area contributed by atoms with Crippen molar-refractivity contribution in [3.63, 3.8) is 0 Å². The molecule has 2 aromatic heterocycles. The third-order valence-corrected chi connectivity index (χ3v) is 5.59. The van der Waals surface area contributed by atoms with Gasteiger partial charge in [-0.05, 0) is 45.7 Å². The predicted molar refractivity (Wildman–Crippen MR) is 110 cm³/mol. The number of nitrogens with one attached hydrogen (secondary N) is 1. The van der Waals surface area contributed by atoms with Crippen LogP contribution in [0.2, 0.25) is 0 Å². The van der Waals surface area contributed by atoms with Gasteiger partial charge in [-0.15, -0.1) is 0 Å². The van der Waals surface area contributed by atoms with Gasteiger partial charge >= 0.3 is 6.09 Å². The van der Waals surface area contributed by atoms with Crippen LogP contribution >= 0.6 is 0 Å². The van der Waals surface area contributed by atoms with E-state index in [9.17, 15) is 14.4 Å². The Balaban J connectivity index is 1.40. The Morgan fingerprint density at radius 3 is 2.41 bits per heavy atom. The van der Waals surface area contributed by atoms with E-state index >= 15 is 0 Å². The number of piperidine rings is 1. The number of amides is 1. The van der Waals surface area contributed by atoms with Gasteiger partial charge < -0.3 is 15.0 Å². The minimum absolute atomic E-state index is 0.0586. The Labute approximate surface area is 169 Å². The zero-order valence-electron chi connectivity index (χ0n) is 17.2. The maximum Gasteiger partial charge on any atom is 0.407 e. The summed E-state index contributed by atoms with van der Waals surface area (Å²) >= 11 is 0. The summed E-state index contributed by atoms with van der Waals surface area (Å²) in [5.41, 5.74) is 0.0752. The van der Waals surface area contributed by atoms with Crippen molar-refractivity contribution in [2.45, 2.75) is 57.8 Å². The fourth-order valence-corrected chi connectivity index (χ4v) is 4.32. The summed E-state index contributed by atoms with van der Waals surface area (Å²) in [5, 5.41) is 3.86. The fraction of sp³-hybridized carbons (Fsp3) is 0.571. The van der Waals surface area contributed by atoms with Gasteiger partial charge in [-0.2, -0.15) is 0 Å². The molecule has 1 fully saturated rings. The summed E-state index contributed by atoms with van der Waals surface area (Å²) in [6, 6.07) is 6.73. The maximum absolute atomic E-state index is 12.5. The van der Waals surface area contributed by atoms with Crippen molar-refractivity contribution in [2.24, 2.45) is 0 Å². The van der Waals surface area contributed by atoms with Gasteiger partial charge in [-0.25, -0.2) is 4.79 Å². The molecule has 0 aromatic carbocycles. The molecule has 0 aliphatic carbocycles. The number of likely N-dealkylation sites (tertiary alicyclic amines) is 1. The molecule has 8 heteroatoms. The first-order chi connectivity index (χ1) is 13.7. The SMILES string of the molecule is CC(C)(C)OC(=O)NC1CCN(CC2Cn3c(=O)ccc4ccc(=O)n2c43)CC1. The molecule has 4 rings (SSSR count). The van der Waals surface area contributed by atoms with Crippen LogP contribution < -0.4 is 16.4 Å². The van der Waals surface area contributed by atoms with Crippen LogP contribution in [-0.2, 0) is 11.3 Å². The first kappa shape index (κ1) is 19.7. The molecule has 8 nitrogen and oxygen atoms in total. The van der Waals surface area contributed by atoms with Crippen molar-refractivity contribution in [1.29, 1.82) is 0 Å². The van der Waals surface area contributed by atoms with E-state index in [4.69, 9.17) is 4.74 Å². The highest BCUT2D eigenvalue weighted by Crippen LogP contribution is 2.25. The third kappa shape index (κ3) is 4.07. The number of alkyl carbamates (subject to hydrolysis) is 1. The standard InChI is InChI=1S/C21H28N4O4/c1-21(2,3)29-20(28)22-15-8-10-23(11-9-15)12-16-13-24-17(26)6-4-14-5-7-18(27)25(16)19(14)24/h4-7,15-16H,8-13H2,1-3H3,(H,22,28). The summed E-state index contributed by atoms with van der Waals surface area (Å²) in [4.78, 5) is 39.1. The highest BCUT2D eigenvalue weighted by Gasteiger charge is 2.30. The molecule has 2 aliphatic rings. The van der Waals surface area contributed by atoms with Gasteiger partial charge in [0.1, 0.15) is 11.2 Å². The average Bonchev–Trinajstić information content (AvgIpc) is 3.01. The van der Waals surface area contributed by atoms with Crippen LogP contribution in [0.1, 0.15) is 39.7 Å². The lowest BCUT2D eigenvalue weighted by atomic mass is 10.0. The number of hydrogen-bond acceptors (Lipinski definition) is 5. The first-order valence-corrected chi connectivity index (χ1v) is 10.2. The molecule has 1 atom stereocenters. The molecule has 0 spiro atoms. The zero-order valence-corrected chi connectivity index (χ0v) is 17.2. The number of hydrogen-bond donors (Lipinski definition) is 1. The molecule has 1 amide bonds. The normalized spacial score (nSPS) is 20.2. The van der Waals surface area contributed by atoms with Crippen LogP contribution in [0.15, 0.2) is 33.9 Å². The summed E-state index contributed by atoms with van der Waals surface area (Å²) in [6.45, 7) is 8.43. The molecular formula is C21H28N4O4. The fourth-order valence-electron chi connectivity index (χ4n) is 4.32. The number of nitrogens with zero attached hydrogens (tertiary/aromatic N) is 3. The number of carbonyl (C=O) groups excluding carboxylic acids is 1. The van der Waals surface area contributed by atoms with Crippen LogP contribution in [-0.4, -0.2) is 51.4 Å². The summed E-state index contributed by atoms with van der Waals surface area (Å²) in [5.74, 6) is 0. The molecule has 0 radical (unpaired) electrons. The second kappa shape index (κ2) is 7.33. The number of rotatable bonds is 3. The van der Waals surface area contributed by atoms with Crippen molar-refractivity contribution in [2.75, 3.05) is 19.6 Å². The third-order valence-electron chi connectivity index (χ3n) is 5.59. The second-order valence-corrected chi connectivity index (χ2v) is 8.98. The van der Waals surface area contributed by atoms with E-state index in [0.29, 0.717) is 13.1 Å². The largest absolute Gasteiger partial charge is 0.444 e. The Bertz CT molecular complexity index is 1040. The lowest BCUT2D eigenvalue weighted by Gasteiger charge is -2.34. The number of ether oxygens (including phenoxy) is 1. The van der Waals surface area contributed by atoms with Gasteiger partial charge in [0.15, 0.2) is 0 Å². The maximum atomic E-state index is 12.5. The molecule has 1 unspecified atom stereocenters. The number of aromatic nitrogens is 2. The number of pyridine rings is 2. The molecule has 4 heterocycles. The Morgan fingerprint density at radius 1 is 1.10 bits per heavy atom. The summed E-state index contributed by atoms with van der Waals surface area (Å²) in [7, 11) is 0. The van der Waals surface area contributed by atoms with E-state index in [0.717, 1.165) is 37.0 Å². The van der Waals surface area contributed by atoms with Gasteiger partial charge in [-0.3, -0.25) is 18.7 Å². The lowest BCUT2D eigenvalue weighted by molar-refractivity contribution is 0.0476. The summed E-state index contributed by atoms with van der Waals surface area (Å²) < 4.78 is 8.81. The second-order valence-electron chi connectivity index (χ2n) is 8.98. The van der Waals surface area contributed by atoms with Gasteiger partial charge in [0.25, 0.3) is 11.1 Å². The van der Waals surface area contributed by atoms with Crippen LogP contribution in [0.5, 0.6) is 0 Å². The van der Waals surface area contributed by atoms with Crippen LogP contribution in [0, 0.1) is 0 Å². The van der Waals surface area contributed by atoms with Crippen LogP contribution in [0.25, 0.3) is 11.0 Å². The Morgan fingerprint density at radius 2 is 1.76 bits per heavy atom. The van der Waals surface area contributed by atoms with E-state index in [-0.39, 0.29) is 29.3 Å². The van der Waals surface area contributed by atoms with Gasteiger partial charge in [-0.1, -0.05) is 0 Å². The lowest BCUT2D eigenvalue weighted by Crippen LogP contribution is -2.47. The van der Waals surface area contributed by atoms with Crippen LogP contribution in [0.3, 0.4) is 0 Å². The Kier molecular flexibility index (Phi) is 4.98. The van der Waals surface area contributed by atoms with E-state index in [1.165, 1.54) is 0 Å². The molecule has 1 saturated heterocycles. The van der Waals surface area contributed by atoms with E-state index in [1.54, 1.807) is 33.4 Å². The van der Waals surface area contributed by atoms with Crippen molar-refractivity contribution in [3.05, 3.63) is 45.0 Å². The molecule has 156 valence electrons. The molecule has 2 aliphatic heterocycles. The van der Waals surface area contributed by atoms with Gasteiger partial charge in [0.2, 0.25) is 0 Å². The summed E-state index contributed by atoms with van der Waals surface area (Å²) in [6.07, 6.45) is 1.29. The van der Waals surface area contributed by atoms with E-state index in [1.807, 2.05) is 20.8 Å². The molecule has 2 aromatic rings. The molecule has 0 saturated carbocycles. The highest BCUT2D eigenvalue weighted by molar-refractivity contribution is 5.76. The van der Waals surface area contributed by atoms with E-state index in [2.05, 4.69) is 10.2 Å². The van der Waals surface area contributed by atoms with Crippen molar-refractivity contribution in [3.8, 4) is 0 Å². The molecule has 29 heavy (non-hydrogen) atoms. The van der Waals surface area contributed by atoms with Gasteiger partial charge in [0, 0.05) is 49.7 Å². The van der Waals surface area contributed by atoms with Crippen molar-refractivity contribution >= 4 is 17.1 Å². The highest BCUT2D eigenvalue weighted by atomic mass is 16.6. The average molecular weight is 400 g/mol. The molecular weight excluding hydrogens is 372 g/mol. The Hall–Kier alpha value is -2.61. The van der Waals surface area contributed by atoms with Gasteiger partial charge in [0.05, 0.1) is 6.04 Å². The monoisotopic (exact) mass is 400 g/mol. The van der Waals surface area contributed by atoms with Crippen LogP contribution in [0.4, 0.5) is 4.79 Å². The first-order valence-electron chi connectivity index (χ1n) is 10.2. The predicted octanol–water partition coefficient (Wildman–Crippen LogP) is 1.71. The topological polar surface area (TPSA) is 85.6 Å². The number of carbonyl (C=O) groups is 1. The molecule has 1 N–H and O–H groups in total. The molecule has 0 bridgehead atoms. The zero-order chi connectivity index (χ0) is 20.8. The smallest absolute Gasteiger partial charge is 0.407 e. The minimum atomic E-state index is -0.505. The van der Waals surface area contributed by atoms with Crippen molar-refractivity contribution in [1.82, 2.24) is 19.4 Å². The van der Waals surface area contributed by atoms with Crippen molar-refractivity contribution < 1.29 is 9.53 Å². The van der Waals surface area contributed by atoms with E-state index < -0.39 is 5.60 Å². The quantitative estimate of drug-likeness (QED) is 0.848.